The van der Waals surface area contributed by atoms with E-state index in [0.29, 0.717) is 6.61 Å². The van der Waals surface area contributed by atoms with Crippen LogP contribution in [0.5, 0.6) is 11.5 Å². The summed E-state index contributed by atoms with van der Waals surface area (Å²) in [6.45, 7) is 9.30. The molecule has 1 N–H and O–H groups in total. The standard InChI is InChI=1S/C16H26N2O3.2ClH/c1-3-21-15-5-4-14(12-16(15)19-2)13-17-6-7-18-8-10-20-11-9-18;;/h4-5,12,17H,3,6-11,13H2,1-2H3;2*1H/p-2. The monoisotopic (exact) mass is 364 g/mol. The van der Waals surface area contributed by atoms with Gasteiger partial charge in [-0.1, -0.05) is 6.07 Å². The second-order valence-corrected chi connectivity index (χ2v) is 5.05. The Morgan fingerprint density at radius 3 is 2.57 bits per heavy atom. The van der Waals surface area contributed by atoms with Crippen molar-refractivity contribution in [1.29, 1.82) is 0 Å². The van der Waals surface area contributed by atoms with E-state index in [-0.39, 0.29) is 24.8 Å². The van der Waals surface area contributed by atoms with Crippen LogP contribution < -0.4 is 39.6 Å². The Balaban J connectivity index is 0.00000242. The van der Waals surface area contributed by atoms with Crippen LogP contribution in [-0.2, 0) is 11.3 Å². The van der Waals surface area contributed by atoms with Crippen LogP contribution >= 0.6 is 0 Å². The van der Waals surface area contributed by atoms with Crippen molar-refractivity contribution < 1.29 is 39.0 Å². The number of morpholine rings is 1. The fourth-order valence-corrected chi connectivity index (χ4v) is 2.39. The third kappa shape index (κ3) is 7.59. The van der Waals surface area contributed by atoms with Crippen LogP contribution in [0.2, 0.25) is 0 Å². The number of benzene rings is 1. The highest BCUT2D eigenvalue weighted by molar-refractivity contribution is 5.42. The molecule has 1 aliphatic heterocycles. The van der Waals surface area contributed by atoms with Gasteiger partial charge in [-0.15, -0.1) is 0 Å². The third-order valence-corrected chi connectivity index (χ3v) is 3.57. The molecule has 0 aromatic heterocycles. The van der Waals surface area contributed by atoms with E-state index in [0.717, 1.165) is 57.4 Å². The topological polar surface area (TPSA) is 43.0 Å². The van der Waals surface area contributed by atoms with Gasteiger partial charge in [0.2, 0.25) is 0 Å². The quantitative estimate of drug-likeness (QED) is 0.471. The first-order valence-corrected chi connectivity index (χ1v) is 7.64. The van der Waals surface area contributed by atoms with Crippen LogP contribution in [0.1, 0.15) is 12.5 Å². The number of nitrogens with one attached hydrogen (secondary N) is 1. The van der Waals surface area contributed by atoms with Gasteiger partial charge in [-0.2, -0.15) is 0 Å². The molecule has 0 radical (unpaired) electrons. The van der Waals surface area contributed by atoms with Gasteiger partial charge < -0.3 is 44.3 Å². The number of ether oxygens (including phenoxy) is 3. The van der Waals surface area contributed by atoms with Gasteiger partial charge in [0, 0.05) is 32.7 Å². The maximum Gasteiger partial charge on any atom is 0.161 e. The summed E-state index contributed by atoms with van der Waals surface area (Å²) < 4.78 is 16.2. The maximum absolute atomic E-state index is 5.52. The summed E-state index contributed by atoms with van der Waals surface area (Å²) in [7, 11) is 1.67. The third-order valence-electron chi connectivity index (χ3n) is 3.57. The molecule has 0 atom stereocenters. The van der Waals surface area contributed by atoms with Gasteiger partial charge in [-0.25, -0.2) is 0 Å². The first-order chi connectivity index (χ1) is 10.3. The molecule has 0 aliphatic carbocycles. The number of rotatable bonds is 8. The molecule has 134 valence electrons. The molecule has 0 bridgehead atoms. The predicted molar refractivity (Wildman–Crippen MR) is 83.1 cm³/mol. The molecule has 5 nitrogen and oxygen atoms in total. The minimum Gasteiger partial charge on any atom is -1.00 e. The van der Waals surface area contributed by atoms with Crippen LogP contribution in [0, 0.1) is 0 Å². The van der Waals surface area contributed by atoms with Gasteiger partial charge in [0.15, 0.2) is 11.5 Å². The van der Waals surface area contributed by atoms with E-state index in [4.69, 9.17) is 14.2 Å². The van der Waals surface area contributed by atoms with E-state index in [1.807, 2.05) is 19.1 Å². The van der Waals surface area contributed by atoms with E-state index < -0.39 is 0 Å². The van der Waals surface area contributed by atoms with Gasteiger partial charge >= 0.3 is 0 Å². The summed E-state index contributed by atoms with van der Waals surface area (Å²) in [6, 6.07) is 6.09. The summed E-state index contributed by atoms with van der Waals surface area (Å²) in [4.78, 5) is 2.43. The smallest absolute Gasteiger partial charge is 0.161 e. The molecule has 2 rings (SSSR count). The lowest BCUT2D eigenvalue weighted by atomic mass is 10.2. The lowest BCUT2D eigenvalue weighted by Crippen LogP contribution is -3.00. The molecule has 1 aliphatic rings. The zero-order chi connectivity index (χ0) is 14.9. The van der Waals surface area contributed by atoms with E-state index in [2.05, 4.69) is 16.3 Å². The van der Waals surface area contributed by atoms with Crippen molar-refractivity contribution in [2.45, 2.75) is 13.5 Å². The van der Waals surface area contributed by atoms with E-state index in [9.17, 15) is 0 Å². The Bertz CT molecular complexity index is 430. The molecule has 1 fully saturated rings. The van der Waals surface area contributed by atoms with Gasteiger partial charge in [0.25, 0.3) is 0 Å². The second-order valence-electron chi connectivity index (χ2n) is 5.05. The number of nitrogens with zero attached hydrogens (tertiary/aromatic N) is 1. The number of hydrogen-bond donors (Lipinski definition) is 1. The first-order valence-electron chi connectivity index (χ1n) is 7.64. The minimum absolute atomic E-state index is 0. The van der Waals surface area contributed by atoms with E-state index >= 15 is 0 Å². The molecular weight excluding hydrogens is 339 g/mol. The lowest BCUT2D eigenvalue weighted by Gasteiger charge is -2.26. The second kappa shape index (κ2) is 12.7. The predicted octanol–water partition coefficient (Wildman–Crippen LogP) is -4.48. The highest BCUT2D eigenvalue weighted by Crippen LogP contribution is 2.27. The van der Waals surface area contributed by atoms with Crippen molar-refractivity contribution in [2.24, 2.45) is 0 Å². The van der Waals surface area contributed by atoms with Crippen molar-refractivity contribution in [3.05, 3.63) is 23.8 Å². The van der Waals surface area contributed by atoms with Crippen molar-refractivity contribution in [3.63, 3.8) is 0 Å². The van der Waals surface area contributed by atoms with Crippen molar-refractivity contribution in [3.8, 4) is 11.5 Å². The van der Waals surface area contributed by atoms with Crippen LogP contribution in [0.25, 0.3) is 0 Å². The highest BCUT2D eigenvalue weighted by atomic mass is 35.5. The van der Waals surface area contributed by atoms with E-state index in [1.54, 1.807) is 7.11 Å². The Labute approximate surface area is 151 Å². The lowest BCUT2D eigenvalue weighted by molar-refractivity contribution is -0.00100. The number of methoxy groups -OCH3 is 1. The normalized spacial score (nSPS) is 14.5. The zero-order valence-electron chi connectivity index (χ0n) is 13.8. The molecule has 7 heteroatoms. The van der Waals surface area contributed by atoms with Crippen molar-refractivity contribution in [1.82, 2.24) is 10.2 Å². The molecule has 0 unspecified atom stereocenters. The molecule has 1 aromatic carbocycles. The number of hydrogen-bond acceptors (Lipinski definition) is 5. The molecule has 0 spiro atoms. The fourth-order valence-electron chi connectivity index (χ4n) is 2.39. The molecule has 23 heavy (non-hydrogen) atoms. The minimum atomic E-state index is 0. The molecule has 1 aromatic rings. The van der Waals surface area contributed by atoms with Crippen molar-refractivity contribution in [2.75, 3.05) is 53.1 Å². The molecular formula is C16H26Cl2N2O3-2. The summed E-state index contributed by atoms with van der Waals surface area (Å²) in [5.74, 6) is 1.60. The Kier molecular flexibility index (Phi) is 12.3. The van der Waals surface area contributed by atoms with Crippen molar-refractivity contribution >= 4 is 0 Å². The largest absolute Gasteiger partial charge is 1.00 e. The average molecular weight is 365 g/mol. The number of halogens is 2. The van der Waals surface area contributed by atoms with Crippen LogP contribution in [0.15, 0.2) is 18.2 Å². The summed E-state index contributed by atoms with van der Waals surface area (Å²) in [6.07, 6.45) is 0. The van der Waals surface area contributed by atoms with Gasteiger partial charge in [0.1, 0.15) is 0 Å². The molecule has 0 saturated carbocycles. The van der Waals surface area contributed by atoms with E-state index in [1.165, 1.54) is 5.56 Å². The van der Waals surface area contributed by atoms with Crippen LogP contribution in [0.3, 0.4) is 0 Å². The zero-order valence-corrected chi connectivity index (χ0v) is 15.3. The SMILES string of the molecule is CCOc1ccc(CNCCN2CCOCC2)cc1OC.[Cl-].[Cl-]. The molecule has 1 saturated heterocycles. The average Bonchev–Trinajstić information content (AvgIpc) is 2.54. The van der Waals surface area contributed by atoms with Crippen LogP contribution in [0.4, 0.5) is 0 Å². The maximum atomic E-state index is 5.52. The first kappa shape index (κ1) is 22.3. The van der Waals surface area contributed by atoms with Gasteiger partial charge in [-0.3, -0.25) is 4.90 Å². The Morgan fingerprint density at radius 2 is 1.91 bits per heavy atom. The molecule has 1 heterocycles. The Hall–Kier alpha value is -0.720. The summed E-state index contributed by atoms with van der Waals surface area (Å²) in [5.41, 5.74) is 1.21. The Morgan fingerprint density at radius 1 is 1.17 bits per heavy atom. The van der Waals surface area contributed by atoms with Crippen LogP contribution in [-0.4, -0.2) is 58.0 Å². The summed E-state index contributed by atoms with van der Waals surface area (Å²) in [5, 5.41) is 3.47. The van der Waals surface area contributed by atoms with Gasteiger partial charge in [-0.05, 0) is 24.6 Å². The summed E-state index contributed by atoms with van der Waals surface area (Å²) >= 11 is 0. The van der Waals surface area contributed by atoms with Gasteiger partial charge in [0.05, 0.1) is 26.9 Å². The highest BCUT2D eigenvalue weighted by Gasteiger charge is 2.09. The molecule has 0 amide bonds. The fraction of sp³-hybridized carbons (Fsp3) is 0.625.